The molecule has 1 atom stereocenters. The molecule has 0 radical (unpaired) electrons. The smallest absolute Gasteiger partial charge is 0.269 e. The van der Waals surface area contributed by atoms with Crippen LogP contribution in [-0.2, 0) is 6.54 Å². The number of nitrogens with zero attached hydrogens (tertiary/aromatic N) is 3. The Kier molecular flexibility index (Phi) is 6.03. The maximum atomic E-state index is 14.0. The van der Waals surface area contributed by atoms with Gasteiger partial charge in [0.1, 0.15) is 17.3 Å². The molecule has 1 fully saturated rings. The Hall–Kier alpha value is -3.23. The predicted molar refractivity (Wildman–Crippen MR) is 103 cm³/mol. The van der Waals surface area contributed by atoms with Crippen LogP contribution in [0.2, 0.25) is 0 Å². The molecule has 28 heavy (non-hydrogen) atoms. The van der Waals surface area contributed by atoms with Crippen LogP contribution in [0, 0.1) is 21.7 Å². The minimum absolute atomic E-state index is 0.000580. The van der Waals surface area contributed by atoms with E-state index < -0.39 is 16.6 Å². The number of non-ortho nitro benzene ring substituents is 1. The highest BCUT2D eigenvalue weighted by Crippen LogP contribution is 2.26. The summed E-state index contributed by atoms with van der Waals surface area (Å²) in [6.45, 7) is 1.43. The monoisotopic (exact) mass is 389 g/mol. The SMILES string of the molecule is CN=C(NCc1ccc([N+](=O)[O-])cc1)NC1CCN(c2c(F)cccc2F)C1. The van der Waals surface area contributed by atoms with Crippen molar-refractivity contribution < 1.29 is 13.7 Å². The molecule has 1 unspecified atom stereocenters. The average Bonchev–Trinajstić information content (AvgIpc) is 3.13. The fourth-order valence-electron chi connectivity index (χ4n) is 3.18. The Morgan fingerprint density at radius 1 is 1.25 bits per heavy atom. The second-order valence-corrected chi connectivity index (χ2v) is 6.50. The van der Waals surface area contributed by atoms with Crippen LogP contribution in [0.4, 0.5) is 20.2 Å². The number of hydrogen-bond acceptors (Lipinski definition) is 4. The largest absolute Gasteiger partial charge is 0.365 e. The lowest BCUT2D eigenvalue weighted by Crippen LogP contribution is -2.44. The second-order valence-electron chi connectivity index (χ2n) is 6.50. The number of nitro benzene ring substituents is 1. The molecule has 2 N–H and O–H groups in total. The zero-order valence-electron chi connectivity index (χ0n) is 15.4. The van der Waals surface area contributed by atoms with E-state index in [0.717, 1.165) is 5.56 Å². The van der Waals surface area contributed by atoms with E-state index in [1.165, 1.54) is 30.3 Å². The van der Waals surface area contributed by atoms with Gasteiger partial charge in [0.15, 0.2) is 5.96 Å². The number of halogens is 2. The zero-order valence-corrected chi connectivity index (χ0v) is 15.4. The van der Waals surface area contributed by atoms with Gasteiger partial charge in [-0.15, -0.1) is 0 Å². The predicted octanol–water partition coefficient (Wildman–Crippen LogP) is 2.82. The molecule has 0 aromatic heterocycles. The van der Waals surface area contributed by atoms with Crippen LogP contribution in [-0.4, -0.2) is 37.1 Å². The van der Waals surface area contributed by atoms with Gasteiger partial charge < -0.3 is 15.5 Å². The van der Waals surface area contributed by atoms with Gasteiger partial charge in [-0.25, -0.2) is 8.78 Å². The van der Waals surface area contributed by atoms with Crippen LogP contribution < -0.4 is 15.5 Å². The van der Waals surface area contributed by atoms with Crippen molar-refractivity contribution in [3.8, 4) is 0 Å². The van der Waals surface area contributed by atoms with E-state index in [1.807, 2.05) is 0 Å². The number of rotatable bonds is 5. The standard InChI is InChI=1S/C19H21F2N5O2/c1-22-19(23-11-13-5-7-15(8-6-13)26(27)28)24-14-9-10-25(12-14)18-16(20)3-2-4-17(18)21/h2-8,14H,9-12H2,1H3,(H2,22,23,24). The number of guanidine groups is 1. The zero-order chi connectivity index (χ0) is 20.1. The molecule has 2 aromatic rings. The molecule has 1 aliphatic heterocycles. The van der Waals surface area contributed by atoms with E-state index in [9.17, 15) is 18.9 Å². The Morgan fingerprint density at radius 2 is 1.93 bits per heavy atom. The van der Waals surface area contributed by atoms with E-state index in [4.69, 9.17) is 0 Å². The number of nitro groups is 1. The Balaban J connectivity index is 1.55. The Labute approximate surface area is 161 Å². The van der Waals surface area contributed by atoms with Gasteiger partial charge in [0.25, 0.3) is 5.69 Å². The Morgan fingerprint density at radius 3 is 2.54 bits per heavy atom. The number of benzene rings is 2. The third-order valence-electron chi connectivity index (χ3n) is 4.61. The lowest BCUT2D eigenvalue weighted by atomic mass is 10.2. The fraction of sp³-hybridized carbons (Fsp3) is 0.316. The topological polar surface area (TPSA) is 82.8 Å². The van der Waals surface area contributed by atoms with Gasteiger partial charge in [-0.1, -0.05) is 18.2 Å². The summed E-state index contributed by atoms with van der Waals surface area (Å²) < 4.78 is 27.9. The van der Waals surface area contributed by atoms with E-state index in [-0.39, 0.29) is 17.4 Å². The van der Waals surface area contributed by atoms with Gasteiger partial charge in [-0.05, 0) is 24.1 Å². The molecule has 1 heterocycles. The van der Waals surface area contributed by atoms with Crippen molar-refractivity contribution in [2.45, 2.75) is 19.0 Å². The van der Waals surface area contributed by atoms with Crippen LogP contribution in [0.1, 0.15) is 12.0 Å². The minimum atomic E-state index is -0.568. The summed E-state index contributed by atoms with van der Waals surface area (Å²) in [7, 11) is 1.63. The maximum Gasteiger partial charge on any atom is 0.269 e. The highest BCUT2D eigenvalue weighted by atomic mass is 19.1. The quantitative estimate of drug-likeness (QED) is 0.356. The van der Waals surface area contributed by atoms with Gasteiger partial charge in [0.2, 0.25) is 0 Å². The van der Waals surface area contributed by atoms with Crippen LogP contribution in [0.5, 0.6) is 0 Å². The van der Waals surface area contributed by atoms with Crippen LogP contribution in [0.15, 0.2) is 47.5 Å². The van der Waals surface area contributed by atoms with E-state index in [2.05, 4.69) is 15.6 Å². The van der Waals surface area contributed by atoms with Crippen molar-refractivity contribution >= 4 is 17.3 Å². The molecular weight excluding hydrogens is 368 g/mol. The van der Waals surface area contributed by atoms with Gasteiger partial charge in [-0.3, -0.25) is 15.1 Å². The number of nitrogens with one attached hydrogen (secondary N) is 2. The molecule has 7 nitrogen and oxygen atoms in total. The first-order valence-electron chi connectivity index (χ1n) is 8.87. The van der Waals surface area contributed by atoms with Gasteiger partial charge >= 0.3 is 0 Å². The summed E-state index contributed by atoms with van der Waals surface area (Å²) in [5.41, 5.74) is 0.910. The normalized spacial score (nSPS) is 16.9. The molecular formula is C19H21F2N5O2. The molecule has 148 valence electrons. The Bertz CT molecular complexity index is 853. The van der Waals surface area contributed by atoms with Crippen LogP contribution in [0.3, 0.4) is 0 Å². The highest BCUT2D eigenvalue weighted by Gasteiger charge is 2.27. The molecule has 0 amide bonds. The van der Waals surface area contributed by atoms with Crippen molar-refractivity contribution in [2.24, 2.45) is 4.99 Å². The molecule has 1 aliphatic rings. The van der Waals surface area contributed by atoms with E-state index in [1.54, 1.807) is 24.1 Å². The molecule has 0 bridgehead atoms. The molecule has 9 heteroatoms. The third-order valence-corrected chi connectivity index (χ3v) is 4.61. The first-order valence-corrected chi connectivity index (χ1v) is 8.87. The third kappa shape index (κ3) is 4.54. The summed E-state index contributed by atoms with van der Waals surface area (Å²) in [5, 5.41) is 17.1. The average molecular weight is 389 g/mol. The highest BCUT2D eigenvalue weighted by molar-refractivity contribution is 5.80. The van der Waals surface area contributed by atoms with Crippen molar-refractivity contribution in [3.05, 3.63) is 69.8 Å². The summed E-state index contributed by atoms with van der Waals surface area (Å²) in [5.74, 6) is -0.582. The number of anilines is 1. The van der Waals surface area contributed by atoms with Gasteiger partial charge in [0, 0.05) is 44.9 Å². The molecule has 2 aromatic carbocycles. The first kappa shape index (κ1) is 19.5. The summed E-state index contributed by atoms with van der Waals surface area (Å²) in [6, 6.07) is 10.1. The van der Waals surface area contributed by atoms with Crippen molar-refractivity contribution in [3.63, 3.8) is 0 Å². The lowest BCUT2D eigenvalue weighted by Gasteiger charge is -2.21. The van der Waals surface area contributed by atoms with Crippen molar-refractivity contribution in [1.29, 1.82) is 0 Å². The fourth-order valence-corrected chi connectivity index (χ4v) is 3.18. The maximum absolute atomic E-state index is 14.0. The second kappa shape index (κ2) is 8.64. The van der Waals surface area contributed by atoms with E-state index in [0.29, 0.717) is 32.0 Å². The number of hydrogen-bond donors (Lipinski definition) is 2. The van der Waals surface area contributed by atoms with E-state index >= 15 is 0 Å². The lowest BCUT2D eigenvalue weighted by molar-refractivity contribution is -0.384. The molecule has 3 rings (SSSR count). The summed E-state index contributed by atoms with van der Waals surface area (Å²) >= 11 is 0. The van der Waals surface area contributed by atoms with Crippen molar-refractivity contribution in [2.75, 3.05) is 25.0 Å². The van der Waals surface area contributed by atoms with Gasteiger partial charge in [0.05, 0.1) is 4.92 Å². The van der Waals surface area contributed by atoms with Crippen LogP contribution >= 0.6 is 0 Å². The molecule has 1 saturated heterocycles. The molecule has 0 aliphatic carbocycles. The number of aliphatic imine (C=N–C) groups is 1. The summed E-state index contributed by atoms with van der Waals surface area (Å²) in [6.07, 6.45) is 0.714. The van der Waals surface area contributed by atoms with Crippen LogP contribution in [0.25, 0.3) is 0 Å². The minimum Gasteiger partial charge on any atom is -0.365 e. The first-order chi connectivity index (χ1) is 13.5. The van der Waals surface area contributed by atoms with Gasteiger partial charge in [-0.2, -0.15) is 0 Å². The number of para-hydroxylation sites is 1. The molecule has 0 saturated carbocycles. The molecule has 0 spiro atoms. The van der Waals surface area contributed by atoms with Crippen molar-refractivity contribution in [1.82, 2.24) is 10.6 Å². The summed E-state index contributed by atoms with van der Waals surface area (Å²) in [4.78, 5) is 16.1.